The van der Waals surface area contributed by atoms with Crippen molar-refractivity contribution >= 4 is 34.2 Å². The lowest BCUT2D eigenvalue weighted by molar-refractivity contribution is -0.142. The number of halogens is 1. The predicted molar refractivity (Wildman–Crippen MR) is 131 cm³/mol. The minimum Gasteiger partial charge on any atom is -0.483 e. The summed E-state index contributed by atoms with van der Waals surface area (Å²) < 4.78 is 5.94. The van der Waals surface area contributed by atoms with Crippen molar-refractivity contribution in [3.8, 4) is 5.75 Å². The third-order valence-electron chi connectivity index (χ3n) is 6.27. The molecule has 2 amide bonds. The van der Waals surface area contributed by atoms with Crippen LogP contribution in [0.25, 0.3) is 10.8 Å². The lowest BCUT2D eigenvalue weighted by Crippen LogP contribution is -2.50. The summed E-state index contributed by atoms with van der Waals surface area (Å²) in [6.07, 6.45) is 4.23. The fourth-order valence-electron chi connectivity index (χ4n) is 4.33. The molecule has 33 heavy (non-hydrogen) atoms. The molecule has 6 heteroatoms. The summed E-state index contributed by atoms with van der Waals surface area (Å²) in [5, 5.41) is 5.65. The molecule has 0 saturated heterocycles. The monoisotopic (exact) mass is 464 g/mol. The molecule has 0 heterocycles. The molecule has 1 aliphatic carbocycles. The topological polar surface area (TPSA) is 58.6 Å². The van der Waals surface area contributed by atoms with Crippen molar-refractivity contribution in [3.63, 3.8) is 0 Å². The zero-order valence-corrected chi connectivity index (χ0v) is 19.6. The number of carbonyl (C=O) groups excluding carboxylic acids is 2. The van der Waals surface area contributed by atoms with Gasteiger partial charge in [0, 0.05) is 23.0 Å². The SMILES string of the molecule is CC(C(=O)NC1CCCC1)N(Cc1ccccc1Cl)C(=O)COc1cccc2ccccc12. The van der Waals surface area contributed by atoms with Crippen LogP contribution in [0.15, 0.2) is 66.7 Å². The van der Waals surface area contributed by atoms with Crippen molar-refractivity contribution < 1.29 is 14.3 Å². The van der Waals surface area contributed by atoms with Crippen LogP contribution in [-0.4, -0.2) is 35.4 Å². The standard InChI is InChI=1S/C27H29ClN2O3/c1-19(27(32)29-22-12-4-5-13-22)30(17-21-10-3-7-15-24(21)28)26(31)18-33-25-16-8-11-20-9-2-6-14-23(20)25/h2-3,6-11,14-16,19,22H,4-5,12-13,17-18H2,1H3,(H,29,32). The van der Waals surface area contributed by atoms with Gasteiger partial charge >= 0.3 is 0 Å². The minimum atomic E-state index is -0.648. The Morgan fingerprint density at radius 2 is 1.73 bits per heavy atom. The maximum atomic E-state index is 13.3. The molecule has 1 unspecified atom stereocenters. The van der Waals surface area contributed by atoms with Crippen LogP contribution in [0, 0.1) is 0 Å². The number of rotatable bonds is 8. The Morgan fingerprint density at radius 1 is 1.03 bits per heavy atom. The maximum absolute atomic E-state index is 13.3. The number of nitrogens with zero attached hydrogens (tertiary/aromatic N) is 1. The summed E-state index contributed by atoms with van der Waals surface area (Å²) in [5.41, 5.74) is 0.790. The molecule has 5 nitrogen and oxygen atoms in total. The van der Waals surface area contributed by atoms with Crippen molar-refractivity contribution in [3.05, 3.63) is 77.3 Å². The summed E-state index contributed by atoms with van der Waals surface area (Å²) in [7, 11) is 0. The first-order valence-corrected chi connectivity index (χ1v) is 11.8. The Hall–Kier alpha value is -3.05. The van der Waals surface area contributed by atoms with Gasteiger partial charge in [-0.15, -0.1) is 0 Å². The molecular formula is C27H29ClN2O3. The second kappa shape index (κ2) is 10.7. The highest BCUT2D eigenvalue weighted by Gasteiger charge is 2.29. The summed E-state index contributed by atoms with van der Waals surface area (Å²) in [5.74, 6) is 0.228. The Morgan fingerprint density at radius 3 is 2.52 bits per heavy atom. The molecule has 4 rings (SSSR count). The first-order chi connectivity index (χ1) is 16.0. The van der Waals surface area contributed by atoms with Crippen LogP contribution in [-0.2, 0) is 16.1 Å². The summed E-state index contributed by atoms with van der Waals surface area (Å²) >= 11 is 6.36. The van der Waals surface area contributed by atoms with E-state index in [1.54, 1.807) is 17.9 Å². The molecule has 0 radical (unpaired) electrons. The maximum Gasteiger partial charge on any atom is 0.261 e. The van der Waals surface area contributed by atoms with E-state index in [0.717, 1.165) is 42.0 Å². The first kappa shape index (κ1) is 23.1. The molecule has 3 aromatic carbocycles. The number of benzene rings is 3. The molecule has 0 spiro atoms. The molecule has 172 valence electrons. The highest BCUT2D eigenvalue weighted by Crippen LogP contribution is 2.26. The van der Waals surface area contributed by atoms with Crippen molar-refractivity contribution in [2.45, 2.75) is 51.2 Å². The van der Waals surface area contributed by atoms with Crippen LogP contribution in [0.3, 0.4) is 0 Å². The van der Waals surface area contributed by atoms with Crippen LogP contribution in [0.5, 0.6) is 5.75 Å². The number of carbonyl (C=O) groups is 2. The van der Waals surface area contributed by atoms with E-state index in [2.05, 4.69) is 5.32 Å². The van der Waals surface area contributed by atoms with Gasteiger partial charge in [0.05, 0.1) is 0 Å². The van der Waals surface area contributed by atoms with Gasteiger partial charge in [-0.3, -0.25) is 9.59 Å². The van der Waals surface area contributed by atoms with Crippen LogP contribution in [0.4, 0.5) is 0 Å². The van der Waals surface area contributed by atoms with Gasteiger partial charge in [-0.25, -0.2) is 0 Å². The molecule has 3 aromatic rings. The van der Waals surface area contributed by atoms with E-state index in [1.165, 1.54) is 0 Å². The van der Waals surface area contributed by atoms with E-state index < -0.39 is 6.04 Å². The van der Waals surface area contributed by atoms with Gasteiger partial charge in [-0.1, -0.05) is 79.0 Å². The van der Waals surface area contributed by atoms with Crippen molar-refractivity contribution in [2.75, 3.05) is 6.61 Å². The van der Waals surface area contributed by atoms with Gasteiger partial charge in [0.25, 0.3) is 5.91 Å². The van der Waals surface area contributed by atoms with Gasteiger partial charge in [0.15, 0.2) is 6.61 Å². The second-order valence-electron chi connectivity index (χ2n) is 8.54. The van der Waals surface area contributed by atoms with E-state index in [1.807, 2.05) is 60.7 Å². The van der Waals surface area contributed by atoms with Gasteiger partial charge in [0.1, 0.15) is 11.8 Å². The lowest BCUT2D eigenvalue weighted by Gasteiger charge is -2.30. The van der Waals surface area contributed by atoms with Gasteiger partial charge in [0.2, 0.25) is 5.91 Å². The summed E-state index contributed by atoms with van der Waals surface area (Å²) in [4.78, 5) is 27.9. The Balaban J connectivity index is 1.51. The molecular weight excluding hydrogens is 436 g/mol. The van der Waals surface area contributed by atoms with Crippen molar-refractivity contribution in [1.29, 1.82) is 0 Å². The number of hydrogen-bond acceptors (Lipinski definition) is 3. The van der Waals surface area contributed by atoms with Crippen molar-refractivity contribution in [1.82, 2.24) is 10.2 Å². The molecule has 1 fully saturated rings. The fourth-order valence-corrected chi connectivity index (χ4v) is 4.52. The van der Waals surface area contributed by atoms with E-state index in [-0.39, 0.29) is 31.0 Å². The van der Waals surface area contributed by atoms with E-state index in [0.29, 0.717) is 10.8 Å². The Bertz CT molecular complexity index is 1120. The number of amides is 2. The minimum absolute atomic E-state index is 0.146. The quantitative estimate of drug-likeness (QED) is 0.489. The van der Waals surface area contributed by atoms with E-state index in [9.17, 15) is 9.59 Å². The fraction of sp³-hybridized carbons (Fsp3) is 0.333. The average Bonchev–Trinajstić information content (AvgIpc) is 3.34. The number of nitrogens with one attached hydrogen (secondary N) is 1. The van der Waals surface area contributed by atoms with Crippen LogP contribution < -0.4 is 10.1 Å². The van der Waals surface area contributed by atoms with E-state index >= 15 is 0 Å². The summed E-state index contributed by atoms with van der Waals surface area (Å²) in [6, 6.07) is 20.5. The first-order valence-electron chi connectivity index (χ1n) is 11.5. The molecule has 0 bridgehead atoms. The highest BCUT2D eigenvalue weighted by atomic mass is 35.5. The second-order valence-corrected chi connectivity index (χ2v) is 8.95. The molecule has 0 aliphatic heterocycles. The predicted octanol–water partition coefficient (Wildman–Crippen LogP) is 5.35. The van der Waals surface area contributed by atoms with Crippen LogP contribution in [0.2, 0.25) is 5.02 Å². The Kier molecular flexibility index (Phi) is 7.50. The van der Waals surface area contributed by atoms with Gasteiger partial charge in [-0.05, 0) is 42.8 Å². The molecule has 1 N–H and O–H groups in total. The lowest BCUT2D eigenvalue weighted by atomic mass is 10.1. The zero-order valence-electron chi connectivity index (χ0n) is 18.8. The zero-order chi connectivity index (χ0) is 23.2. The molecule has 0 aromatic heterocycles. The molecule has 1 aliphatic rings. The van der Waals surface area contributed by atoms with Crippen LogP contribution >= 0.6 is 11.6 Å². The number of ether oxygens (including phenoxy) is 1. The third kappa shape index (κ3) is 5.66. The van der Waals surface area contributed by atoms with Gasteiger partial charge in [-0.2, -0.15) is 0 Å². The van der Waals surface area contributed by atoms with Gasteiger partial charge < -0.3 is 15.0 Å². The molecule has 1 atom stereocenters. The number of hydrogen-bond donors (Lipinski definition) is 1. The normalized spacial score (nSPS) is 14.7. The smallest absolute Gasteiger partial charge is 0.261 e. The van der Waals surface area contributed by atoms with Crippen molar-refractivity contribution in [2.24, 2.45) is 0 Å². The van der Waals surface area contributed by atoms with Crippen LogP contribution in [0.1, 0.15) is 38.2 Å². The average molecular weight is 465 g/mol. The molecule has 1 saturated carbocycles. The van der Waals surface area contributed by atoms with E-state index in [4.69, 9.17) is 16.3 Å². The highest BCUT2D eigenvalue weighted by molar-refractivity contribution is 6.31. The summed E-state index contributed by atoms with van der Waals surface area (Å²) in [6.45, 7) is 1.83. The Labute approximate surface area is 199 Å². The number of fused-ring (bicyclic) bond motifs is 1. The third-order valence-corrected chi connectivity index (χ3v) is 6.64. The largest absolute Gasteiger partial charge is 0.483 e.